The number of ether oxygens (including phenoxy) is 1. The zero-order chi connectivity index (χ0) is 14.8. The van der Waals surface area contributed by atoms with Crippen molar-refractivity contribution in [3.05, 3.63) is 28.2 Å². The number of nitrogens with one attached hydrogen (secondary N) is 1. The highest BCUT2D eigenvalue weighted by Crippen LogP contribution is 2.46. The van der Waals surface area contributed by atoms with Crippen LogP contribution >= 0.6 is 15.9 Å². The van der Waals surface area contributed by atoms with Crippen LogP contribution in [0, 0.1) is 5.41 Å². The molecule has 108 valence electrons. The van der Waals surface area contributed by atoms with E-state index in [2.05, 4.69) is 21.2 Å². The molecule has 1 amide bonds. The number of halogens is 1. The van der Waals surface area contributed by atoms with Gasteiger partial charge in [0.1, 0.15) is 11.2 Å². The molecule has 6 heteroatoms. The molecule has 0 aromatic heterocycles. The van der Waals surface area contributed by atoms with Crippen LogP contribution in [0.3, 0.4) is 0 Å². The highest BCUT2D eigenvalue weighted by Gasteiger charge is 2.56. The molecule has 0 heterocycles. The van der Waals surface area contributed by atoms with E-state index in [-0.39, 0.29) is 5.91 Å². The second-order valence-corrected chi connectivity index (χ2v) is 5.68. The van der Waals surface area contributed by atoms with Crippen molar-refractivity contribution in [3.63, 3.8) is 0 Å². The van der Waals surface area contributed by atoms with Crippen LogP contribution in [0.2, 0.25) is 0 Å². The Hall–Kier alpha value is -1.56. The second-order valence-electron chi connectivity index (χ2n) is 4.83. The van der Waals surface area contributed by atoms with Crippen molar-refractivity contribution in [2.24, 2.45) is 5.41 Å². The van der Waals surface area contributed by atoms with E-state index >= 15 is 0 Å². The van der Waals surface area contributed by atoms with Crippen molar-refractivity contribution in [1.82, 2.24) is 5.32 Å². The molecule has 0 radical (unpaired) electrons. The average molecular weight is 342 g/mol. The number of methoxy groups -OCH3 is 1. The zero-order valence-electron chi connectivity index (χ0n) is 11.1. The maximum atomic E-state index is 11.8. The van der Waals surface area contributed by atoms with Gasteiger partial charge in [-0.05, 0) is 46.8 Å². The van der Waals surface area contributed by atoms with E-state index in [4.69, 9.17) is 9.84 Å². The Morgan fingerprint density at radius 1 is 1.45 bits per heavy atom. The van der Waals surface area contributed by atoms with Gasteiger partial charge in [-0.25, -0.2) is 0 Å². The lowest BCUT2D eigenvalue weighted by Gasteiger charge is -2.13. The summed E-state index contributed by atoms with van der Waals surface area (Å²) in [6.07, 6.45) is 1.44. The molecule has 20 heavy (non-hydrogen) atoms. The Balaban J connectivity index is 1.92. The molecule has 1 aromatic rings. The number of carboxylic acids is 1. The van der Waals surface area contributed by atoms with Crippen molar-refractivity contribution >= 4 is 27.8 Å². The summed E-state index contributed by atoms with van der Waals surface area (Å²) in [6.45, 7) is 0.390. The zero-order valence-corrected chi connectivity index (χ0v) is 12.7. The maximum absolute atomic E-state index is 11.8. The van der Waals surface area contributed by atoms with Crippen LogP contribution in [-0.2, 0) is 16.0 Å². The van der Waals surface area contributed by atoms with Gasteiger partial charge in [0.25, 0.3) is 0 Å². The van der Waals surface area contributed by atoms with Crippen LogP contribution < -0.4 is 10.1 Å². The monoisotopic (exact) mass is 341 g/mol. The van der Waals surface area contributed by atoms with Gasteiger partial charge in [0.05, 0.1) is 11.6 Å². The number of carbonyl (C=O) groups is 2. The van der Waals surface area contributed by atoms with E-state index in [0.717, 1.165) is 15.8 Å². The quantitative estimate of drug-likeness (QED) is 0.776. The number of hydrogen-bond donors (Lipinski definition) is 2. The molecule has 0 bridgehead atoms. The van der Waals surface area contributed by atoms with E-state index in [1.165, 1.54) is 0 Å². The fourth-order valence-electron chi connectivity index (χ4n) is 2.12. The first-order valence-corrected chi connectivity index (χ1v) is 7.13. The molecule has 5 nitrogen and oxygen atoms in total. The summed E-state index contributed by atoms with van der Waals surface area (Å²) in [5, 5.41) is 11.7. The molecule has 2 rings (SSSR count). The van der Waals surface area contributed by atoms with Gasteiger partial charge >= 0.3 is 5.97 Å². The molecule has 1 aliphatic carbocycles. The van der Waals surface area contributed by atoms with E-state index in [1.54, 1.807) is 7.11 Å². The maximum Gasteiger partial charge on any atom is 0.319 e. The summed E-state index contributed by atoms with van der Waals surface area (Å²) in [5.41, 5.74) is -0.219. The Morgan fingerprint density at radius 3 is 2.70 bits per heavy atom. The third kappa shape index (κ3) is 2.80. The lowest BCUT2D eigenvalue weighted by Crippen LogP contribution is -2.37. The molecule has 2 N–H and O–H groups in total. The van der Waals surface area contributed by atoms with Gasteiger partial charge in [-0.1, -0.05) is 12.1 Å². The number of aliphatic carboxylic acids is 1. The first kappa shape index (κ1) is 14.8. The number of hydrogen-bond acceptors (Lipinski definition) is 3. The largest absolute Gasteiger partial charge is 0.495 e. The van der Waals surface area contributed by atoms with Gasteiger partial charge in [0.15, 0.2) is 0 Å². The Labute approximate surface area is 125 Å². The number of carboxylic acid groups (broad SMARTS) is 1. The topological polar surface area (TPSA) is 75.6 Å². The van der Waals surface area contributed by atoms with Crippen LogP contribution in [0.4, 0.5) is 0 Å². The van der Waals surface area contributed by atoms with Crippen LogP contribution in [-0.4, -0.2) is 30.6 Å². The average Bonchev–Trinajstić information content (AvgIpc) is 3.20. The molecular formula is C14H16BrNO4. The molecule has 0 saturated heterocycles. The normalized spacial score (nSPS) is 15.5. The third-order valence-electron chi connectivity index (χ3n) is 3.53. The first-order valence-electron chi connectivity index (χ1n) is 6.34. The Kier molecular flexibility index (Phi) is 4.32. The van der Waals surface area contributed by atoms with Crippen LogP contribution in [0.1, 0.15) is 18.4 Å². The molecular weight excluding hydrogens is 326 g/mol. The van der Waals surface area contributed by atoms with Gasteiger partial charge in [-0.3, -0.25) is 9.59 Å². The van der Waals surface area contributed by atoms with E-state index in [0.29, 0.717) is 25.8 Å². The van der Waals surface area contributed by atoms with Crippen molar-refractivity contribution in [3.8, 4) is 5.75 Å². The summed E-state index contributed by atoms with van der Waals surface area (Å²) in [7, 11) is 1.59. The van der Waals surface area contributed by atoms with Gasteiger partial charge in [-0.15, -0.1) is 0 Å². The fourth-order valence-corrected chi connectivity index (χ4v) is 2.69. The Morgan fingerprint density at radius 2 is 2.15 bits per heavy atom. The van der Waals surface area contributed by atoms with Crippen molar-refractivity contribution in [2.75, 3.05) is 13.7 Å². The lowest BCUT2D eigenvalue weighted by atomic mass is 10.1. The molecule has 1 aromatic carbocycles. The molecule has 1 fully saturated rings. The summed E-state index contributed by atoms with van der Waals surface area (Å²) in [4.78, 5) is 22.9. The van der Waals surface area contributed by atoms with E-state index < -0.39 is 11.4 Å². The number of amides is 1. The van der Waals surface area contributed by atoms with Gasteiger partial charge in [0, 0.05) is 6.54 Å². The summed E-state index contributed by atoms with van der Waals surface area (Å²) in [5.74, 6) is -0.685. The minimum atomic E-state index is -1.18. The SMILES string of the molecule is COc1c(Br)cccc1CCNC(=O)C1(C(=O)O)CC1. The lowest BCUT2D eigenvalue weighted by molar-refractivity contribution is -0.149. The first-order chi connectivity index (χ1) is 9.51. The van der Waals surface area contributed by atoms with Gasteiger partial charge < -0.3 is 15.2 Å². The molecule has 0 atom stereocenters. The standard InChI is InChI=1S/C14H16BrNO4/c1-20-11-9(3-2-4-10(11)15)5-8-16-12(17)14(6-7-14)13(18)19/h2-4H,5-8H2,1H3,(H,16,17)(H,18,19). The summed E-state index contributed by atoms with van der Waals surface area (Å²) in [6, 6.07) is 5.69. The van der Waals surface area contributed by atoms with Crippen LogP contribution in [0.5, 0.6) is 5.75 Å². The number of para-hydroxylation sites is 1. The van der Waals surface area contributed by atoms with E-state index in [1.807, 2.05) is 18.2 Å². The van der Waals surface area contributed by atoms with Crippen molar-refractivity contribution in [1.29, 1.82) is 0 Å². The molecule has 1 saturated carbocycles. The summed E-state index contributed by atoms with van der Waals surface area (Å²) >= 11 is 3.40. The third-order valence-corrected chi connectivity index (χ3v) is 4.15. The minimum Gasteiger partial charge on any atom is -0.495 e. The fraction of sp³-hybridized carbons (Fsp3) is 0.429. The van der Waals surface area contributed by atoms with Crippen LogP contribution in [0.25, 0.3) is 0 Å². The summed E-state index contributed by atoms with van der Waals surface area (Å²) < 4.78 is 6.15. The molecule has 1 aliphatic rings. The molecule has 0 aliphatic heterocycles. The highest BCUT2D eigenvalue weighted by molar-refractivity contribution is 9.10. The number of benzene rings is 1. The molecule has 0 spiro atoms. The smallest absolute Gasteiger partial charge is 0.319 e. The van der Waals surface area contributed by atoms with Gasteiger partial charge in [0.2, 0.25) is 5.91 Å². The number of rotatable bonds is 6. The highest BCUT2D eigenvalue weighted by atomic mass is 79.9. The van der Waals surface area contributed by atoms with Gasteiger partial charge in [-0.2, -0.15) is 0 Å². The number of carbonyl (C=O) groups excluding carboxylic acids is 1. The Bertz CT molecular complexity index is 540. The second kappa shape index (κ2) is 5.83. The predicted molar refractivity (Wildman–Crippen MR) is 76.7 cm³/mol. The van der Waals surface area contributed by atoms with Crippen molar-refractivity contribution < 1.29 is 19.4 Å². The van der Waals surface area contributed by atoms with E-state index in [9.17, 15) is 9.59 Å². The minimum absolute atomic E-state index is 0.390. The van der Waals surface area contributed by atoms with Crippen molar-refractivity contribution in [2.45, 2.75) is 19.3 Å². The van der Waals surface area contributed by atoms with Crippen LogP contribution in [0.15, 0.2) is 22.7 Å². The predicted octanol–water partition coefficient (Wildman–Crippen LogP) is 1.98. The molecule has 0 unspecified atom stereocenters.